The van der Waals surface area contributed by atoms with Crippen LogP contribution in [-0.4, -0.2) is 12.3 Å². The van der Waals surface area contributed by atoms with Gasteiger partial charge in [-0.1, -0.05) is 135 Å². The van der Waals surface area contributed by atoms with Crippen LogP contribution in [-0.2, 0) is 4.52 Å². The van der Waals surface area contributed by atoms with Crippen LogP contribution in [0.4, 0.5) is 0 Å². The second kappa shape index (κ2) is 10.5. The van der Waals surface area contributed by atoms with Gasteiger partial charge in [0.15, 0.2) is 0 Å². The first-order valence-corrected chi connectivity index (χ1v) is 16.3. The van der Waals surface area contributed by atoms with E-state index in [0.717, 1.165) is 5.92 Å². The second-order valence-corrected chi connectivity index (χ2v) is 15.2. The maximum atomic E-state index is 7.40. The molecule has 3 atom stereocenters. The van der Waals surface area contributed by atoms with E-state index in [1.807, 2.05) is 0 Å². The van der Waals surface area contributed by atoms with Crippen LogP contribution in [0, 0.1) is 16.7 Å². The molecule has 4 aromatic rings. The lowest BCUT2D eigenvalue weighted by molar-refractivity contribution is 0.0437. The summed E-state index contributed by atoms with van der Waals surface area (Å²) in [4.78, 5) is 0. The molecule has 0 heterocycles. The molecule has 2 aliphatic rings. The van der Waals surface area contributed by atoms with E-state index in [-0.39, 0.29) is 16.9 Å². The standard InChI is InChI=1S/C34H36OP2/c1-33(2)27-23-24-34(33,26-36(28-15-7-3-8-16-28)29-17-9-4-10-18-29)32(25-27)35-37(30-19-11-5-12-20-30)31-21-13-6-14-22-31/h3-22,27,32H,23-26H2,1-2H3/t27-,32-,34-/m1/s1. The third-order valence-corrected chi connectivity index (χ3v) is 13.9. The number of hydrogen-bond acceptors (Lipinski definition) is 1. The summed E-state index contributed by atoms with van der Waals surface area (Å²) in [5, 5.41) is 5.59. The molecule has 188 valence electrons. The number of rotatable bonds is 8. The fourth-order valence-corrected chi connectivity index (χ4v) is 11.9. The summed E-state index contributed by atoms with van der Waals surface area (Å²) in [6.07, 6.45) is 5.23. The van der Waals surface area contributed by atoms with Crippen molar-refractivity contribution in [1.29, 1.82) is 0 Å². The summed E-state index contributed by atoms with van der Waals surface area (Å²) in [7, 11) is -1.35. The Morgan fingerprint density at radius 3 is 1.51 bits per heavy atom. The van der Waals surface area contributed by atoms with Crippen molar-refractivity contribution in [3.05, 3.63) is 121 Å². The minimum atomic E-state index is -0.873. The molecule has 0 N–H and O–H groups in total. The lowest BCUT2D eigenvalue weighted by atomic mass is 9.70. The van der Waals surface area contributed by atoms with Gasteiger partial charge in [0, 0.05) is 16.0 Å². The van der Waals surface area contributed by atoms with Gasteiger partial charge >= 0.3 is 0 Å². The number of hydrogen-bond donors (Lipinski definition) is 0. The molecule has 2 bridgehead atoms. The SMILES string of the molecule is CC1(C)[C@@H]2CC[C@@]1(CP(c1ccccc1)c1ccccc1)[C@H](OP(c1ccccc1)c1ccccc1)C2. The first-order valence-electron chi connectivity index (χ1n) is 13.5. The molecule has 1 nitrogen and oxygen atoms in total. The van der Waals surface area contributed by atoms with Gasteiger partial charge in [-0.3, -0.25) is 0 Å². The van der Waals surface area contributed by atoms with Crippen LogP contribution in [0.15, 0.2) is 121 Å². The summed E-state index contributed by atoms with van der Waals surface area (Å²) in [5.41, 5.74) is 0.426. The third kappa shape index (κ3) is 4.61. The molecule has 6 rings (SSSR count). The molecule has 4 aromatic carbocycles. The summed E-state index contributed by atoms with van der Waals surface area (Å²) in [5.74, 6) is 0.726. The minimum Gasteiger partial charge on any atom is -0.346 e. The molecule has 0 spiro atoms. The molecule has 2 fully saturated rings. The Kier molecular flexibility index (Phi) is 7.07. The highest BCUT2D eigenvalue weighted by Gasteiger charge is 2.65. The maximum Gasteiger partial charge on any atom is 0.0921 e. The zero-order chi connectivity index (χ0) is 25.3. The Balaban J connectivity index is 1.40. The molecule has 2 aliphatic carbocycles. The maximum absolute atomic E-state index is 7.40. The molecular weight excluding hydrogens is 486 g/mol. The molecular formula is C34H36OP2. The molecule has 0 aliphatic heterocycles. The molecule has 0 amide bonds. The average Bonchev–Trinajstić information content (AvgIpc) is 3.32. The molecule has 3 heteroatoms. The van der Waals surface area contributed by atoms with Crippen LogP contribution in [0.3, 0.4) is 0 Å². The monoisotopic (exact) mass is 522 g/mol. The van der Waals surface area contributed by atoms with Crippen LogP contribution >= 0.6 is 16.1 Å². The van der Waals surface area contributed by atoms with Crippen molar-refractivity contribution in [2.75, 3.05) is 6.16 Å². The second-order valence-electron chi connectivity index (χ2n) is 11.2. The van der Waals surface area contributed by atoms with E-state index in [9.17, 15) is 0 Å². The van der Waals surface area contributed by atoms with Gasteiger partial charge in [0.1, 0.15) is 0 Å². The normalized spacial score (nSPS) is 24.1. The first-order chi connectivity index (χ1) is 18.1. The van der Waals surface area contributed by atoms with Gasteiger partial charge < -0.3 is 4.52 Å². The van der Waals surface area contributed by atoms with Crippen molar-refractivity contribution in [3.8, 4) is 0 Å². The van der Waals surface area contributed by atoms with Gasteiger partial charge in [0.25, 0.3) is 0 Å². The predicted octanol–water partition coefficient (Wildman–Crippen LogP) is 7.38. The smallest absolute Gasteiger partial charge is 0.0921 e. The van der Waals surface area contributed by atoms with Crippen LogP contribution < -0.4 is 21.2 Å². The van der Waals surface area contributed by atoms with Gasteiger partial charge in [-0.05, 0) is 55.3 Å². The van der Waals surface area contributed by atoms with Crippen molar-refractivity contribution >= 4 is 37.3 Å². The van der Waals surface area contributed by atoms with Crippen molar-refractivity contribution in [3.63, 3.8) is 0 Å². The summed E-state index contributed by atoms with van der Waals surface area (Å²) in [6, 6.07) is 44.4. The van der Waals surface area contributed by atoms with Crippen LogP contribution in [0.25, 0.3) is 0 Å². The van der Waals surface area contributed by atoms with Crippen LogP contribution in [0.1, 0.15) is 33.1 Å². The quantitative estimate of drug-likeness (QED) is 0.220. The van der Waals surface area contributed by atoms with E-state index in [2.05, 4.69) is 135 Å². The minimum absolute atomic E-state index is 0.166. The fourth-order valence-electron chi connectivity index (χ4n) is 6.88. The van der Waals surface area contributed by atoms with Crippen LogP contribution in [0.2, 0.25) is 0 Å². The number of fused-ring (bicyclic) bond motifs is 2. The lowest BCUT2D eigenvalue weighted by Crippen LogP contribution is -2.44. The Hall–Kier alpha value is -2.30. The van der Waals surface area contributed by atoms with Crippen molar-refractivity contribution in [1.82, 2.24) is 0 Å². The van der Waals surface area contributed by atoms with Gasteiger partial charge in [-0.2, -0.15) is 0 Å². The zero-order valence-corrected chi connectivity index (χ0v) is 23.6. The molecule has 0 saturated heterocycles. The average molecular weight is 523 g/mol. The highest BCUT2D eigenvalue weighted by Crippen LogP contribution is 2.70. The van der Waals surface area contributed by atoms with E-state index < -0.39 is 16.1 Å². The van der Waals surface area contributed by atoms with E-state index in [4.69, 9.17) is 4.52 Å². The molecule has 0 aromatic heterocycles. The van der Waals surface area contributed by atoms with E-state index in [1.165, 1.54) is 46.6 Å². The van der Waals surface area contributed by atoms with E-state index in [0.29, 0.717) is 0 Å². The summed E-state index contributed by atoms with van der Waals surface area (Å²) in [6.45, 7) is 5.09. The summed E-state index contributed by atoms with van der Waals surface area (Å²) < 4.78 is 7.40. The molecule has 2 saturated carbocycles. The molecule has 0 unspecified atom stereocenters. The van der Waals surface area contributed by atoms with Crippen molar-refractivity contribution in [2.45, 2.75) is 39.2 Å². The first kappa shape index (κ1) is 25.0. The van der Waals surface area contributed by atoms with Gasteiger partial charge in [0.2, 0.25) is 0 Å². The highest BCUT2D eigenvalue weighted by molar-refractivity contribution is 7.73. The number of benzene rings is 4. The third-order valence-electron chi connectivity index (χ3n) is 9.15. The Morgan fingerprint density at radius 2 is 1.08 bits per heavy atom. The van der Waals surface area contributed by atoms with E-state index in [1.54, 1.807) is 0 Å². The van der Waals surface area contributed by atoms with E-state index >= 15 is 0 Å². The Bertz CT molecular complexity index is 1210. The summed E-state index contributed by atoms with van der Waals surface area (Å²) >= 11 is 0. The zero-order valence-electron chi connectivity index (χ0n) is 21.8. The lowest BCUT2D eigenvalue weighted by Gasteiger charge is -2.45. The van der Waals surface area contributed by atoms with Gasteiger partial charge in [0.05, 0.1) is 14.3 Å². The predicted molar refractivity (Wildman–Crippen MR) is 161 cm³/mol. The van der Waals surface area contributed by atoms with Crippen molar-refractivity contribution < 1.29 is 4.52 Å². The topological polar surface area (TPSA) is 9.23 Å². The molecule has 0 radical (unpaired) electrons. The fraction of sp³-hybridized carbons (Fsp3) is 0.294. The Morgan fingerprint density at radius 1 is 0.649 bits per heavy atom. The molecule has 37 heavy (non-hydrogen) atoms. The Labute approximate surface area is 224 Å². The van der Waals surface area contributed by atoms with Gasteiger partial charge in [-0.25, -0.2) is 0 Å². The van der Waals surface area contributed by atoms with Crippen molar-refractivity contribution in [2.24, 2.45) is 16.7 Å². The van der Waals surface area contributed by atoms with Gasteiger partial charge in [-0.15, -0.1) is 0 Å². The highest BCUT2D eigenvalue weighted by atomic mass is 31.1. The largest absolute Gasteiger partial charge is 0.346 e. The van der Waals surface area contributed by atoms with Crippen LogP contribution in [0.5, 0.6) is 0 Å².